The average Bonchev–Trinajstić information content (AvgIpc) is 2.60. The molecule has 8 heteroatoms. The zero-order valence-electron chi connectivity index (χ0n) is 14.0. The van der Waals surface area contributed by atoms with Crippen molar-refractivity contribution in [3.05, 3.63) is 53.2 Å². The fourth-order valence-electron chi connectivity index (χ4n) is 2.93. The number of carbonyl (C=O) groups is 1. The van der Waals surface area contributed by atoms with Crippen molar-refractivity contribution >= 4 is 21.8 Å². The summed E-state index contributed by atoms with van der Waals surface area (Å²) in [5, 5.41) is 9.09. The molecule has 0 fully saturated rings. The van der Waals surface area contributed by atoms with E-state index in [2.05, 4.69) is 4.98 Å². The SMILES string of the molecule is CN(C)S(=O)(=O)c1cccc2c1CCN(c1cccc(C(=O)O)n1)C2. The third-order valence-electron chi connectivity index (χ3n) is 4.26. The summed E-state index contributed by atoms with van der Waals surface area (Å²) in [7, 11) is -0.459. The normalized spacial score (nSPS) is 14.4. The van der Waals surface area contributed by atoms with Gasteiger partial charge in [0.1, 0.15) is 5.82 Å². The number of rotatable bonds is 4. The number of hydrogen-bond donors (Lipinski definition) is 1. The van der Waals surface area contributed by atoms with Gasteiger partial charge in [-0.25, -0.2) is 22.5 Å². The molecular formula is C17H19N3O4S. The molecule has 0 unspecified atom stereocenters. The number of pyridine rings is 1. The number of carboxylic acid groups (broad SMARTS) is 1. The van der Waals surface area contributed by atoms with Gasteiger partial charge in [0.15, 0.2) is 5.69 Å². The van der Waals surface area contributed by atoms with Gasteiger partial charge in [0.25, 0.3) is 0 Å². The van der Waals surface area contributed by atoms with Gasteiger partial charge in [0.2, 0.25) is 10.0 Å². The van der Waals surface area contributed by atoms with Crippen molar-refractivity contribution < 1.29 is 18.3 Å². The van der Waals surface area contributed by atoms with Crippen molar-refractivity contribution in [1.82, 2.24) is 9.29 Å². The number of aromatic carboxylic acids is 1. The Bertz CT molecular complexity index is 925. The van der Waals surface area contributed by atoms with Crippen LogP contribution in [0.4, 0.5) is 5.82 Å². The first kappa shape index (κ1) is 17.4. The summed E-state index contributed by atoms with van der Waals surface area (Å²) in [5.74, 6) is -0.495. The maximum Gasteiger partial charge on any atom is 0.354 e. The van der Waals surface area contributed by atoms with E-state index < -0.39 is 16.0 Å². The molecule has 3 rings (SSSR count). The number of hydrogen-bond acceptors (Lipinski definition) is 5. The molecule has 25 heavy (non-hydrogen) atoms. The molecule has 1 aliphatic heterocycles. The summed E-state index contributed by atoms with van der Waals surface area (Å²) in [4.78, 5) is 17.6. The fourth-order valence-corrected chi connectivity index (χ4v) is 4.12. The van der Waals surface area contributed by atoms with Gasteiger partial charge < -0.3 is 10.0 Å². The molecule has 1 N–H and O–H groups in total. The molecule has 1 aromatic heterocycles. The van der Waals surface area contributed by atoms with Crippen LogP contribution in [0.1, 0.15) is 21.6 Å². The largest absolute Gasteiger partial charge is 0.477 e. The van der Waals surface area contributed by atoms with Crippen molar-refractivity contribution in [2.45, 2.75) is 17.9 Å². The Hall–Kier alpha value is -2.45. The Labute approximate surface area is 146 Å². The standard InChI is InChI=1S/C17H19N3O4S/c1-19(2)25(23,24)15-7-3-5-12-11-20(10-9-13(12)15)16-8-4-6-14(18-16)17(21)22/h3-8H,9-11H2,1-2H3,(H,21,22). The first-order valence-electron chi connectivity index (χ1n) is 7.79. The van der Waals surface area contributed by atoms with E-state index in [0.29, 0.717) is 30.2 Å². The Morgan fingerprint density at radius 2 is 1.92 bits per heavy atom. The number of anilines is 1. The second-order valence-corrected chi connectivity index (χ2v) is 8.16. The van der Waals surface area contributed by atoms with Crippen LogP contribution in [-0.2, 0) is 23.0 Å². The lowest BCUT2D eigenvalue weighted by molar-refractivity contribution is 0.0690. The van der Waals surface area contributed by atoms with E-state index in [0.717, 1.165) is 11.1 Å². The highest BCUT2D eigenvalue weighted by Crippen LogP contribution is 2.29. The van der Waals surface area contributed by atoms with Gasteiger partial charge >= 0.3 is 5.97 Å². The number of carboxylic acids is 1. The minimum atomic E-state index is -3.50. The maximum atomic E-state index is 12.5. The summed E-state index contributed by atoms with van der Waals surface area (Å²) < 4.78 is 26.2. The van der Waals surface area contributed by atoms with Crippen LogP contribution in [-0.4, -0.2) is 49.4 Å². The van der Waals surface area contributed by atoms with Gasteiger partial charge in [0, 0.05) is 27.2 Å². The molecule has 1 aromatic carbocycles. The van der Waals surface area contributed by atoms with Gasteiger partial charge in [0.05, 0.1) is 4.90 Å². The quantitative estimate of drug-likeness (QED) is 0.889. The minimum absolute atomic E-state index is 0.00719. The number of benzene rings is 1. The monoisotopic (exact) mass is 361 g/mol. The molecule has 7 nitrogen and oxygen atoms in total. The number of sulfonamides is 1. The summed E-state index contributed by atoms with van der Waals surface area (Å²) in [6.07, 6.45) is 0.553. The zero-order chi connectivity index (χ0) is 18.2. The Balaban J connectivity index is 1.96. The zero-order valence-corrected chi connectivity index (χ0v) is 14.8. The predicted octanol–water partition coefficient (Wildman–Crippen LogP) is 1.59. The van der Waals surface area contributed by atoms with Gasteiger partial charge in [-0.3, -0.25) is 0 Å². The topological polar surface area (TPSA) is 90.8 Å². The third kappa shape index (κ3) is 3.22. The van der Waals surface area contributed by atoms with E-state index in [1.807, 2.05) is 11.0 Å². The highest BCUT2D eigenvalue weighted by atomic mass is 32.2. The van der Waals surface area contributed by atoms with Gasteiger partial charge in [-0.05, 0) is 35.7 Å². The molecular weight excluding hydrogens is 342 g/mol. The number of aromatic nitrogens is 1. The third-order valence-corrected chi connectivity index (χ3v) is 6.16. The second kappa shape index (κ2) is 6.45. The van der Waals surface area contributed by atoms with E-state index in [1.165, 1.54) is 24.5 Å². The fraction of sp³-hybridized carbons (Fsp3) is 0.294. The smallest absolute Gasteiger partial charge is 0.354 e. The lowest BCUT2D eigenvalue weighted by Gasteiger charge is -2.31. The molecule has 0 radical (unpaired) electrons. The van der Waals surface area contributed by atoms with Crippen molar-refractivity contribution in [2.24, 2.45) is 0 Å². The molecule has 2 heterocycles. The van der Waals surface area contributed by atoms with Crippen molar-refractivity contribution in [3.8, 4) is 0 Å². The van der Waals surface area contributed by atoms with Crippen LogP contribution in [0.5, 0.6) is 0 Å². The van der Waals surface area contributed by atoms with Crippen LogP contribution in [0, 0.1) is 0 Å². The summed E-state index contributed by atoms with van der Waals surface area (Å²) in [5.41, 5.74) is 1.73. The number of fused-ring (bicyclic) bond motifs is 1. The van der Waals surface area contributed by atoms with Gasteiger partial charge in [-0.1, -0.05) is 18.2 Å². The summed E-state index contributed by atoms with van der Waals surface area (Å²) in [6, 6.07) is 10.1. The van der Waals surface area contributed by atoms with E-state index >= 15 is 0 Å². The van der Waals surface area contributed by atoms with Crippen LogP contribution >= 0.6 is 0 Å². The molecule has 0 atom stereocenters. The molecule has 0 amide bonds. The highest BCUT2D eigenvalue weighted by Gasteiger charge is 2.27. The lowest BCUT2D eigenvalue weighted by atomic mass is 10.00. The first-order valence-corrected chi connectivity index (χ1v) is 9.23. The van der Waals surface area contributed by atoms with Crippen LogP contribution in [0.25, 0.3) is 0 Å². The lowest BCUT2D eigenvalue weighted by Crippen LogP contribution is -2.33. The van der Waals surface area contributed by atoms with E-state index in [4.69, 9.17) is 5.11 Å². The maximum absolute atomic E-state index is 12.5. The first-order chi connectivity index (χ1) is 11.8. The number of nitrogens with zero attached hydrogens (tertiary/aromatic N) is 3. The van der Waals surface area contributed by atoms with Gasteiger partial charge in [-0.2, -0.15) is 0 Å². The van der Waals surface area contributed by atoms with Crippen LogP contribution in [0.2, 0.25) is 0 Å². The molecule has 0 saturated heterocycles. The van der Waals surface area contributed by atoms with Crippen LogP contribution < -0.4 is 4.90 Å². The van der Waals surface area contributed by atoms with Gasteiger partial charge in [-0.15, -0.1) is 0 Å². The Kier molecular flexibility index (Phi) is 4.49. The molecule has 0 bridgehead atoms. The van der Waals surface area contributed by atoms with Crippen molar-refractivity contribution in [1.29, 1.82) is 0 Å². The van der Waals surface area contributed by atoms with Crippen molar-refractivity contribution in [3.63, 3.8) is 0 Å². The molecule has 1 aliphatic rings. The molecule has 0 spiro atoms. The Morgan fingerprint density at radius 3 is 2.60 bits per heavy atom. The molecule has 0 saturated carbocycles. The van der Waals surface area contributed by atoms with E-state index in [1.54, 1.807) is 24.3 Å². The molecule has 0 aliphatic carbocycles. The van der Waals surface area contributed by atoms with E-state index in [9.17, 15) is 13.2 Å². The van der Waals surface area contributed by atoms with Crippen LogP contribution in [0.15, 0.2) is 41.3 Å². The van der Waals surface area contributed by atoms with E-state index in [-0.39, 0.29) is 5.69 Å². The Morgan fingerprint density at radius 1 is 1.20 bits per heavy atom. The summed E-state index contributed by atoms with van der Waals surface area (Å²) in [6.45, 7) is 1.06. The minimum Gasteiger partial charge on any atom is -0.477 e. The van der Waals surface area contributed by atoms with Crippen LogP contribution in [0.3, 0.4) is 0 Å². The average molecular weight is 361 g/mol. The molecule has 2 aromatic rings. The predicted molar refractivity (Wildman–Crippen MR) is 93.3 cm³/mol. The molecule has 132 valence electrons. The highest BCUT2D eigenvalue weighted by molar-refractivity contribution is 7.89. The second-order valence-electron chi connectivity index (χ2n) is 6.04. The van der Waals surface area contributed by atoms with Crippen molar-refractivity contribution in [2.75, 3.05) is 25.5 Å². The summed E-state index contributed by atoms with van der Waals surface area (Å²) >= 11 is 0.